The standard InChI is InChI=1S/C14H14ClN3O/c1-10(13-3-2-8-19-13)18-12-5-7-16-9-11(12)17-14(18)4-6-15/h2-3,5,7-10H,4,6H2,1H3. The maximum absolute atomic E-state index is 5.87. The maximum Gasteiger partial charge on any atom is 0.126 e. The molecule has 98 valence electrons. The van der Waals surface area contributed by atoms with Crippen LogP contribution in [0.3, 0.4) is 0 Å². The predicted molar refractivity (Wildman–Crippen MR) is 74.5 cm³/mol. The molecule has 0 bridgehead atoms. The van der Waals surface area contributed by atoms with Crippen molar-refractivity contribution >= 4 is 22.6 Å². The molecule has 0 aliphatic carbocycles. The van der Waals surface area contributed by atoms with Crippen molar-refractivity contribution in [2.24, 2.45) is 0 Å². The second-order valence-electron chi connectivity index (χ2n) is 4.39. The predicted octanol–water partition coefficient (Wildman–Crippen LogP) is 3.41. The monoisotopic (exact) mass is 275 g/mol. The molecule has 1 atom stereocenters. The van der Waals surface area contributed by atoms with E-state index in [1.165, 1.54) is 0 Å². The van der Waals surface area contributed by atoms with Gasteiger partial charge in [-0.3, -0.25) is 4.98 Å². The van der Waals surface area contributed by atoms with Gasteiger partial charge in [-0.25, -0.2) is 4.98 Å². The molecule has 5 heteroatoms. The van der Waals surface area contributed by atoms with Crippen LogP contribution in [-0.4, -0.2) is 20.4 Å². The van der Waals surface area contributed by atoms with E-state index in [1.54, 1.807) is 18.7 Å². The van der Waals surface area contributed by atoms with Crippen molar-refractivity contribution in [2.45, 2.75) is 19.4 Å². The van der Waals surface area contributed by atoms with Gasteiger partial charge in [-0.05, 0) is 25.1 Å². The van der Waals surface area contributed by atoms with Crippen LogP contribution in [0.15, 0.2) is 41.3 Å². The third-order valence-corrected chi connectivity index (χ3v) is 3.41. The molecule has 0 aliphatic rings. The van der Waals surface area contributed by atoms with Crippen molar-refractivity contribution in [3.05, 3.63) is 48.4 Å². The van der Waals surface area contributed by atoms with Crippen molar-refractivity contribution in [1.29, 1.82) is 0 Å². The lowest BCUT2D eigenvalue weighted by Crippen LogP contribution is -2.10. The second kappa shape index (κ2) is 5.05. The van der Waals surface area contributed by atoms with E-state index in [2.05, 4.69) is 21.5 Å². The Morgan fingerprint density at radius 3 is 3.05 bits per heavy atom. The Balaban J connectivity index is 2.17. The van der Waals surface area contributed by atoms with Crippen LogP contribution in [0.4, 0.5) is 0 Å². The van der Waals surface area contributed by atoms with Crippen LogP contribution in [0, 0.1) is 0 Å². The van der Waals surface area contributed by atoms with E-state index in [9.17, 15) is 0 Å². The Hall–Kier alpha value is -1.81. The molecule has 0 saturated carbocycles. The Morgan fingerprint density at radius 2 is 2.32 bits per heavy atom. The molecule has 3 rings (SSSR count). The van der Waals surface area contributed by atoms with Gasteiger partial charge in [0.05, 0.1) is 24.0 Å². The van der Waals surface area contributed by atoms with E-state index in [4.69, 9.17) is 16.0 Å². The van der Waals surface area contributed by atoms with Gasteiger partial charge in [0.15, 0.2) is 0 Å². The van der Waals surface area contributed by atoms with Crippen molar-refractivity contribution in [2.75, 3.05) is 5.88 Å². The van der Waals surface area contributed by atoms with Crippen LogP contribution in [0.1, 0.15) is 24.6 Å². The van der Waals surface area contributed by atoms with E-state index in [0.717, 1.165) is 29.0 Å². The molecule has 0 fully saturated rings. The van der Waals surface area contributed by atoms with Gasteiger partial charge in [0.1, 0.15) is 17.1 Å². The summed E-state index contributed by atoms with van der Waals surface area (Å²) < 4.78 is 7.67. The van der Waals surface area contributed by atoms with Gasteiger partial charge in [0.2, 0.25) is 0 Å². The molecule has 0 N–H and O–H groups in total. The maximum atomic E-state index is 5.87. The Kier molecular flexibility index (Phi) is 3.25. The highest BCUT2D eigenvalue weighted by molar-refractivity contribution is 6.17. The number of nitrogens with zero attached hydrogens (tertiary/aromatic N) is 3. The fourth-order valence-corrected chi connectivity index (χ4v) is 2.52. The van der Waals surface area contributed by atoms with Gasteiger partial charge < -0.3 is 8.98 Å². The normalized spacial score (nSPS) is 12.9. The molecule has 0 radical (unpaired) electrons. The summed E-state index contributed by atoms with van der Waals surface area (Å²) in [6.07, 6.45) is 5.97. The topological polar surface area (TPSA) is 43.9 Å². The second-order valence-corrected chi connectivity index (χ2v) is 4.77. The van der Waals surface area contributed by atoms with Crippen molar-refractivity contribution < 1.29 is 4.42 Å². The quantitative estimate of drug-likeness (QED) is 0.685. The zero-order valence-electron chi connectivity index (χ0n) is 10.6. The Morgan fingerprint density at radius 1 is 1.42 bits per heavy atom. The van der Waals surface area contributed by atoms with Crippen molar-refractivity contribution in [3.8, 4) is 0 Å². The van der Waals surface area contributed by atoms with E-state index in [-0.39, 0.29) is 6.04 Å². The average molecular weight is 276 g/mol. The van der Waals surface area contributed by atoms with Gasteiger partial charge in [-0.2, -0.15) is 0 Å². The highest BCUT2D eigenvalue weighted by Crippen LogP contribution is 2.26. The lowest BCUT2D eigenvalue weighted by Gasteiger charge is -2.15. The minimum atomic E-state index is 0.0839. The molecule has 0 aromatic carbocycles. The molecule has 3 aromatic rings. The number of alkyl halides is 1. The molecular weight excluding hydrogens is 262 g/mol. The minimum Gasteiger partial charge on any atom is -0.467 e. The number of aryl methyl sites for hydroxylation is 1. The summed E-state index contributed by atoms with van der Waals surface area (Å²) in [6.45, 7) is 2.10. The summed E-state index contributed by atoms with van der Waals surface area (Å²) in [5.74, 6) is 2.41. The molecule has 4 nitrogen and oxygen atoms in total. The minimum absolute atomic E-state index is 0.0839. The molecule has 0 amide bonds. The number of furan rings is 1. The van der Waals surface area contributed by atoms with Crippen LogP contribution in [0.25, 0.3) is 11.0 Å². The molecule has 0 aliphatic heterocycles. The number of hydrogen-bond donors (Lipinski definition) is 0. The first-order chi connectivity index (χ1) is 9.31. The fourth-order valence-electron chi connectivity index (χ4n) is 2.35. The fraction of sp³-hybridized carbons (Fsp3) is 0.286. The van der Waals surface area contributed by atoms with Crippen LogP contribution < -0.4 is 0 Å². The number of imidazole rings is 1. The molecule has 3 aromatic heterocycles. The molecule has 1 unspecified atom stereocenters. The molecule has 19 heavy (non-hydrogen) atoms. The van der Waals surface area contributed by atoms with Gasteiger partial charge >= 0.3 is 0 Å². The van der Waals surface area contributed by atoms with Crippen LogP contribution in [0.2, 0.25) is 0 Å². The van der Waals surface area contributed by atoms with Gasteiger partial charge in [0.25, 0.3) is 0 Å². The summed E-state index contributed by atoms with van der Waals surface area (Å²) in [6, 6.07) is 5.93. The SMILES string of the molecule is CC(c1ccco1)n1c(CCCl)nc2cnccc21. The lowest BCUT2D eigenvalue weighted by molar-refractivity contribution is 0.445. The third kappa shape index (κ3) is 2.12. The Labute approximate surface area is 116 Å². The number of rotatable bonds is 4. The summed E-state index contributed by atoms with van der Waals surface area (Å²) in [5.41, 5.74) is 1.94. The van der Waals surface area contributed by atoms with Crippen molar-refractivity contribution in [1.82, 2.24) is 14.5 Å². The number of hydrogen-bond acceptors (Lipinski definition) is 3. The average Bonchev–Trinajstić information content (AvgIpc) is 3.06. The van der Waals surface area contributed by atoms with E-state index in [1.807, 2.05) is 18.2 Å². The summed E-state index contributed by atoms with van der Waals surface area (Å²) >= 11 is 5.87. The van der Waals surface area contributed by atoms with Gasteiger partial charge in [-0.15, -0.1) is 11.6 Å². The van der Waals surface area contributed by atoms with Crippen LogP contribution in [-0.2, 0) is 6.42 Å². The highest BCUT2D eigenvalue weighted by atomic mass is 35.5. The van der Waals surface area contributed by atoms with E-state index < -0.39 is 0 Å². The molecule has 0 saturated heterocycles. The lowest BCUT2D eigenvalue weighted by atomic mass is 10.2. The number of fused-ring (bicyclic) bond motifs is 1. The zero-order valence-corrected chi connectivity index (χ0v) is 11.3. The first kappa shape index (κ1) is 12.2. The molecular formula is C14H14ClN3O. The van der Waals surface area contributed by atoms with Gasteiger partial charge in [0, 0.05) is 18.5 Å². The summed E-state index contributed by atoms with van der Waals surface area (Å²) in [7, 11) is 0. The summed E-state index contributed by atoms with van der Waals surface area (Å²) in [4.78, 5) is 8.72. The molecule has 0 spiro atoms. The van der Waals surface area contributed by atoms with Crippen LogP contribution >= 0.6 is 11.6 Å². The van der Waals surface area contributed by atoms with Crippen LogP contribution in [0.5, 0.6) is 0 Å². The molecule has 3 heterocycles. The smallest absolute Gasteiger partial charge is 0.126 e. The number of halogens is 1. The van der Waals surface area contributed by atoms with E-state index >= 15 is 0 Å². The number of pyridine rings is 1. The largest absolute Gasteiger partial charge is 0.467 e. The zero-order chi connectivity index (χ0) is 13.2. The third-order valence-electron chi connectivity index (χ3n) is 3.23. The van der Waals surface area contributed by atoms with Gasteiger partial charge in [-0.1, -0.05) is 0 Å². The first-order valence-corrected chi connectivity index (χ1v) is 6.75. The van der Waals surface area contributed by atoms with E-state index in [0.29, 0.717) is 5.88 Å². The van der Waals surface area contributed by atoms with Crippen molar-refractivity contribution in [3.63, 3.8) is 0 Å². The summed E-state index contributed by atoms with van der Waals surface area (Å²) in [5, 5.41) is 0. The first-order valence-electron chi connectivity index (χ1n) is 6.21. The Bertz CT molecular complexity index is 675. The number of aromatic nitrogens is 3. The highest BCUT2D eigenvalue weighted by Gasteiger charge is 2.18.